The average Bonchev–Trinajstić information content (AvgIpc) is 3.11. The van der Waals surface area contributed by atoms with Crippen LogP contribution in [0.1, 0.15) is 39.8 Å². The number of hydrogen-bond donors (Lipinski definition) is 1. The molecule has 0 bridgehead atoms. The van der Waals surface area contributed by atoms with Gasteiger partial charge in [-0.3, -0.25) is 4.79 Å². The van der Waals surface area contributed by atoms with Crippen molar-refractivity contribution in [3.05, 3.63) is 82.7 Å². The van der Waals surface area contributed by atoms with Gasteiger partial charge in [0.25, 0.3) is 5.91 Å². The molecule has 0 spiro atoms. The van der Waals surface area contributed by atoms with Gasteiger partial charge in [0, 0.05) is 22.6 Å². The molecule has 1 aromatic heterocycles. The molecule has 0 fully saturated rings. The summed E-state index contributed by atoms with van der Waals surface area (Å²) in [4.78, 5) is 23.9. The van der Waals surface area contributed by atoms with Crippen LogP contribution >= 0.6 is 0 Å². The van der Waals surface area contributed by atoms with Crippen molar-refractivity contribution in [3.8, 4) is 17.5 Å². The number of amides is 1. The molecule has 0 atom stereocenters. The first kappa shape index (κ1) is 23.3. The van der Waals surface area contributed by atoms with Gasteiger partial charge in [0.05, 0.1) is 30.0 Å². The van der Waals surface area contributed by atoms with Gasteiger partial charge < -0.3 is 14.0 Å². The van der Waals surface area contributed by atoms with Crippen LogP contribution in [-0.4, -0.2) is 35.9 Å². The number of aromatic nitrogens is 1. The molecule has 33 heavy (non-hydrogen) atoms. The van der Waals surface area contributed by atoms with Crippen molar-refractivity contribution in [1.82, 2.24) is 9.99 Å². The van der Waals surface area contributed by atoms with Crippen LogP contribution in [0.5, 0.6) is 5.75 Å². The molecule has 0 aliphatic heterocycles. The van der Waals surface area contributed by atoms with E-state index in [1.54, 1.807) is 49.5 Å². The van der Waals surface area contributed by atoms with E-state index in [4.69, 9.17) is 14.7 Å². The minimum Gasteiger partial charge on any atom is -0.484 e. The first-order chi connectivity index (χ1) is 15.9. The minimum atomic E-state index is -0.404. The highest BCUT2D eigenvalue weighted by molar-refractivity contribution is 5.89. The highest BCUT2D eigenvalue weighted by Gasteiger charge is 2.11. The fourth-order valence-corrected chi connectivity index (χ4v) is 3.26. The zero-order valence-electron chi connectivity index (χ0n) is 18.7. The highest BCUT2D eigenvalue weighted by atomic mass is 16.5. The third-order valence-corrected chi connectivity index (χ3v) is 4.85. The van der Waals surface area contributed by atoms with Gasteiger partial charge in [-0.15, -0.1) is 0 Å². The molecule has 0 unspecified atom stereocenters. The van der Waals surface area contributed by atoms with Gasteiger partial charge in [0.15, 0.2) is 6.61 Å². The molecule has 1 N–H and O–H groups in total. The predicted molar refractivity (Wildman–Crippen MR) is 124 cm³/mol. The molecular formula is C25H24N4O4. The fourth-order valence-electron chi connectivity index (χ4n) is 3.26. The number of hydrazone groups is 1. The van der Waals surface area contributed by atoms with Gasteiger partial charge in [0.2, 0.25) is 0 Å². The second-order valence-corrected chi connectivity index (χ2v) is 7.15. The van der Waals surface area contributed by atoms with Gasteiger partial charge in [-0.1, -0.05) is 0 Å². The average molecular weight is 444 g/mol. The van der Waals surface area contributed by atoms with E-state index < -0.39 is 5.91 Å². The lowest BCUT2D eigenvalue weighted by molar-refractivity contribution is -0.123. The van der Waals surface area contributed by atoms with Gasteiger partial charge in [-0.2, -0.15) is 10.4 Å². The first-order valence-electron chi connectivity index (χ1n) is 10.3. The topological polar surface area (TPSA) is 106 Å². The Kier molecular flexibility index (Phi) is 7.60. The van der Waals surface area contributed by atoms with Crippen LogP contribution in [0, 0.1) is 25.2 Å². The van der Waals surface area contributed by atoms with Gasteiger partial charge >= 0.3 is 5.97 Å². The Morgan fingerprint density at radius 1 is 1.12 bits per heavy atom. The summed E-state index contributed by atoms with van der Waals surface area (Å²) in [5, 5.41) is 12.8. The molecule has 3 aromatic rings. The standard InChI is InChI=1S/C25H24N4O4/c1-4-32-25(31)20-7-9-22(10-8-20)29-17(2)13-21(18(29)3)15-27-28-24(30)16-33-23-11-5-19(14-26)6-12-23/h5-13,15H,4,16H2,1-3H3,(H,28,30)/b27-15+. The van der Waals surface area contributed by atoms with Crippen LogP contribution in [0.15, 0.2) is 59.7 Å². The van der Waals surface area contributed by atoms with Crippen molar-refractivity contribution in [2.75, 3.05) is 13.2 Å². The van der Waals surface area contributed by atoms with Crippen molar-refractivity contribution in [2.45, 2.75) is 20.8 Å². The van der Waals surface area contributed by atoms with Crippen LogP contribution in [0.3, 0.4) is 0 Å². The molecule has 1 heterocycles. The summed E-state index contributed by atoms with van der Waals surface area (Å²) >= 11 is 0. The van der Waals surface area contributed by atoms with Crippen molar-refractivity contribution in [1.29, 1.82) is 5.26 Å². The number of aryl methyl sites for hydroxylation is 1. The van der Waals surface area contributed by atoms with E-state index >= 15 is 0 Å². The number of nitriles is 1. The summed E-state index contributed by atoms with van der Waals surface area (Å²) in [7, 11) is 0. The van der Waals surface area contributed by atoms with Crippen molar-refractivity contribution < 1.29 is 19.1 Å². The van der Waals surface area contributed by atoms with Crippen LogP contribution in [0.2, 0.25) is 0 Å². The Bertz CT molecular complexity index is 1200. The molecule has 8 nitrogen and oxygen atoms in total. The van der Waals surface area contributed by atoms with E-state index in [-0.39, 0.29) is 12.6 Å². The van der Waals surface area contributed by atoms with Crippen LogP contribution < -0.4 is 10.2 Å². The maximum Gasteiger partial charge on any atom is 0.338 e. The lowest BCUT2D eigenvalue weighted by Crippen LogP contribution is -2.24. The second-order valence-electron chi connectivity index (χ2n) is 7.15. The predicted octanol–water partition coefficient (Wildman–Crippen LogP) is 3.67. The van der Waals surface area contributed by atoms with Gasteiger partial charge in [-0.25, -0.2) is 10.2 Å². The Morgan fingerprint density at radius 2 is 1.82 bits per heavy atom. The molecule has 0 saturated heterocycles. The van der Waals surface area contributed by atoms with Crippen LogP contribution in [0.4, 0.5) is 0 Å². The zero-order chi connectivity index (χ0) is 23.8. The Labute approximate surface area is 192 Å². The van der Waals surface area contributed by atoms with E-state index in [9.17, 15) is 9.59 Å². The molecule has 168 valence electrons. The molecule has 0 radical (unpaired) electrons. The summed E-state index contributed by atoms with van der Waals surface area (Å²) in [5.41, 5.74) is 7.11. The Morgan fingerprint density at radius 3 is 2.45 bits per heavy atom. The van der Waals surface area contributed by atoms with E-state index in [0.29, 0.717) is 23.5 Å². The molecule has 0 aliphatic rings. The van der Waals surface area contributed by atoms with Crippen LogP contribution in [-0.2, 0) is 9.53 Å². The number of nitrogens with one attached hydrogen (secondary N) is 1. The number of ether oxygens (including phenoxy) is 2. The minimum absolute atomic E-state index is 0.199. The number of nitrogens with zero attached hydrogens (tertiary/aromatic N) is 3. The fraction of sp³-hybridized carbons (Fsp3) is 0.200. The second kappa shape index (κ2) is 10.8. The molecule has 1 amide bonds. The van der Waals surface area contributed by atoms with Gasteiger partial charge in [0.1, 0.15) is 5.75 Å². The van der Waals surface area contributed by atoms with E-state index in [1.807, 2.05) is 42.7 Å². The van der Waals surface area contributed by atoms with E-state index in [1.165, 1.54) is 0 Å². The molecule has 0 saturated carbocycles. The summed E-state index contributed by atoms with van der Waals surface area (Å²) in [6.07, 6.45) is 1.57. The summed E-state index contributed by atoms with van der Waals surface area (Å²) < 4.78 is 12.4. The number of hydrogen-bond acceptors (Lipinski definition) is 6. The number of esters is 1. The summed E-state index contributed by atoms with van der Waals surface area (Å²) in [6.45, 7) is 5.82. The smallest absolute Gasteiger partial charge is 0.338 e. The number of carbonyl (C=O) groups is 2. The lowest BCUT2D eigenvalue weighted by Gasteiger charge is -2.10. The number of benzene rings is 2. The molecule has 2 aromatic carbocycles. The molecule has 0 aliphatic carbocycles. The lowest BCUT2D eigenvalue weighted by atomic mass is 10.2. The van der Waals surface area contributed by atoms with Crippen molar-refractivity contribution in [3.63, 3.8) is 0 Å². The number of carbonyl (C=O) groups excluding carboxylic acids is 2. The van der Waals surface area contributed by atoms with Crippen LogP contribution in [0.25, 0.3) is 5.69 Å². The third-order valence-electron chi connectivity index (χ3n) is 4.85. The summed E-state index contributed by atoms with van der Waals surface area (Å²) in [6, 6.07) is 17.6. The van der Waals surface area contributed by atoms with Gasteiger partial charge in [-0.05, 0) is 75.4 Å². The maximum atomic E-state index is 12.0. The zero-order valence-corrected chi connectivity index (χ0v) is 18.7. The third kappa shape index (κ3) is 5.86. The van der Waals surface area contributed by atoms with Crippen molar-refractivity contribution >= 4 is 18.1 Å². The highest BCUT2D eigenvalue weighted by Crippen LogP contribution is 2.20. The Hall–Kier alpha value is -4.38. The first-order valence-corrected chi connectivity index (χ1v) is 10.3. The molecule has 8 heteroatoms. The largest absolute Gasteiger partial charge is 0.484 e. The monoisotopic (exact) mass is 444 g/mol. The quantitative estimate of drug-likeness (QED) is 0.324. The SMILES string of the molecule is CCOC(=O)c1ccc(-n2c(C)cc(/C=N/NC(=O)COc3ccc(C#N)cc3)c2C)cc1. The molecule has 3 rings (SSSR count). The van der Waals surface area contributed by atoms with Crippen molar-refractivity contribution in [2.24, 2.45) is 5.10 Å². The van der Waals surface area contributed by atoms with E-state index in [0.717, 1.165) is 22.6 Å². The Balaban J connectivity index is 1.61. The maximum absolute atomic E-state index is 12.0. The van der Waals surface area contributed by atoms with E-state index in [2.05, 4.69) is 10.5 Å². The number of rotatable bonds is 8. The molecular weight excluding hydrogens is 420 g/mol. The summed E-state index contributed by atoms with van der Waals surface area (Å²) in [5.74, 6) is -0.263. The normalized spacial score (nSPS) is 10.6.